The Morgan fingerprint density at radius 3 is 2.81 bits per heavy atom. The van der Waals surface area contributed by atoms with Crippen LogP contribution < -0.4 is 10.2 Å². The molecule has 3 rings (SSSR count). The van der Waals surface area contributed by atoms with Crippen LogP contribution in [-0.2, 0) is 12.8 Å². The summed E-state index contributed by atoms with van der Waals surface area (Å²) in [6.07, 6.45) is 10.9. The Morgan fingerprint density at radius 2 is 2.05 bits per heavy atom. The van der Waals surface area contributed by atoms with Crippen molar-refractivity contribution in [3.05, 3.63) is 17.5 Å². The van der Waals surface area contributed by atoms with Gasteiger partial charge in [-0.25, -0.2) is 9.97 Å². The molecular weight excluding hydrogens is 260 g/mol. The molecule has 1 aliphatic carbocycles. The lowest BCUT2D eigenvalue weighted by Gasteiger charge is -2.26. The van der Waals surface area contributed by atoms with Gasteiger partial charge in [0.25, 0.3) is 0 Å². The van der Waals surface area contributed by atoms with Gasteiger partial charge in [-0.2, -0.15) is 0 Å². The van der Waals surface area contributed by atoms with E-state index in [1.54, 1.807) is 0 Å². The van der Waals surface area contributed by atoms with Gasteiger partial charge < -0.3 is 10.2 Å². The summed E-state index contributed by atoms with van der Waals surface area (Å²) in [6, 6.07) is 0. The van der Waals surface area contributed by atoms with Crippen molar-refractivity contribution in [1.82, 2.24) is 15.3 Å². The lowest BCUT2D eigenvalue weighted by molar-refractivity contribution is 0.424. The molecule has 0 amide bonds. The van der Waals surface area contributed by atoms with E-state index < -0.39 is 0 Å². The van der Waals surface area contributed by atoms with Gasteiger partial charge in [0, 0.05) is 25.0 Å². The Morgan fingerprint density at radius 1 is 1.24 bits per heavy atom. The minimum atomic E-state index is 0.755. The average Bonchev–Trinajstić information content (AvgIpc) is 2.81. The number of anilines is 1. The molecule has 0 radical (unpaired) electrons. The first-order valence-corrected chi connectivity index (χ1v) is 8.67. The number of fused-ring (bicyclic) bond motifs is 1. The third kappa shape index (κ3) is 3.73. The quantitative estimate of drug-likeness (QED) is 0.924. The standard InChI is InChI=1S/C17H28N4/c1-2-18-12-14-7-8-16-15(11-14)13-19-17(20-16)21-9-5-3-4-6-10-21/h13-14,18H,2-12H2,1H3. The van der Waals surface area contributed by atoms with Crippen LogP contribution in [0.15, 0.2) is 6.20 Å². The van der Waals surface area contributed by atoms with E-state index in [1.165, 1.54) is 43.4 Å². The summed E-state index contributed by atoms with van der Waals surface area (Å²) in [4.78, 5) is 11.9. The molecule has 2 heterocycles. The second-order valence-corrected chi connectivity index (χ2v) is 6.46. The predicted molar refractivity (Wildman–Crippen MR) is 86.8 cm³/mol. The molecule has 1 aromatic rings. The molecule has 0 saturated carbocycles. The number of hydrogen-bond acceptors (Lipinski definition) is 4. The molecule has 1 fully saturated rings. The SMILES string of the molecule is CCNCC1CCc2nc(N3CCCCCC3)ncc2C1. The Hall–Kier alpha value is -1.16. The lowest BCUT2D eigenvalue weighted by atomic mass is 9.87. The van der Waals surface area contributed by atoms with Crippen molar-refractivity contribution < 1.29 is 0 Å². The predicted octanol–water partition coefficient (Wildman–Crippen LogP) is 2.57. The van der Waals surface area contributed by atoms with E-state index >= 15 is 0 Å². The fraction of sp³-hybridized carbons (Fsp3) is 0.765. The highest BCUT2D eigenvalue weighted by molar-refractivity contribution is 5.34. The summed E-state index contributed by atoms with van der Waals surface area (Å²) in [5.74, 6) is 1.73. The van der Waals surface area contributed by atoms with Crippen molar-refractivity contribution >= 4 is 5.95 Å². The van der Waals surface area contributed by atoms with E-state index in [1.807, 2.05) is 0 Å². The van der Waals surface area contributed by atoms with E-state index in [4.69, 9.17) is 4.98 Å². The summed E-state index contributed by atoms with van der Waals surface area (Å²) in [7, 11) is 0. The monoisotopic (exact) mass is 288 g/mol. The van der Waals surface area contributed by atoms with E-state index in [-0.39, 0.29) is 0 Å². The number of aryl methyl sites for hydroxylation is 1. The summed E-state index contributed by atoms with van der Waals surface area (Å²) < 4.78 is 0. The molecule has 1 atom stereocenters. The number of nitrogens with zero attached hydrogens (tertiary/aromatic N) is 3. The van der Waals surface area contributed by atoms with Gasteiger partial charge in [-0.3, -0.25) is 0 Å². The molecule has 4 nitrogen and oxygen atoms in total. The fourth-order valence-corrected chi connectivity index (χ4v) is 3.52. The molecule has 0 aromatic carbocycles. The maximum Gasteiger partial charge on any atom is 0.225 e. The van der Waals surface area contributed by atoms with Gasteiger partial charge in [-0.15, -0.1) is 0 Å². The van der Waals surface area contributed by atoms with Crippen LogP contribution in [0.5, 0.6) is 0 Å². The largest absolute Gasteiger partial charge is 0.341 e. The minimum Gasteiger partial charge on any atom is -0.341 e. The summed E-state index contributed by atoms with van der Waals surface area (Å²) in [5, 5.41) is 3.47. The maximum absolute atomic E-state index is 4.89. The van der Waals surface area contributed by atoms with Crippen LogP contribution in [0.25, 0.3) is 0 Å². The van der Waals surface area contributed by atoms with Crippen LogP contribution in [0, 0.1) is 5.92 Å². The zero-order valence-electron chi connectivity index (χ0n) is 13.3. The first-order chi connectivity index (χ1) is 10.4. The van der Waals surface area contributed by atoms with E-state index in [9.17, 15) is 0 Å². The number of hydrogen-bond donors (Lipinski definition) is 1. The fourth-order valence-electron chi connectivity index (χ4n) is 3.52. The molecule has 1 saturated heterocycles. The van der Waals surface area contributed by atoms with Gasteiger partial charge in [0.15, 0.2) is 0 Å². The number of rotatable bonds is 4. The molecule has 21 heavy (non-hydrogen) atoms. The molecule has 2 aliphatic rings. The highest BCUT2D eigenvalue weighted by Crippen LogP contribution is 2.25. The molecule has 4 heteroatoms. The summed E-state index contributed by atoms with van der Waals surface area (Å²) in [6.45, 7) is 6.62. The molecule has 1 unspecified atom stereocenters. The Balaban J connectivity index is 1.68. The second-order valence-electron chi connectivity index (χ2n) is 6.46. The van der Waals surface area contributed by atoms with Gasteiger partial charge in [0.2, 0.25) is 5.95 Å². The van der Waals surface area contributed by atoms with Gasteiger partial charge in [-0.05, 0) is 56.7 Å². The second kappa shape index (κ2) is 7.21. The third-order valence-electron chi connectivity index (χ3n) is 4.81. The first-order valence-electron chi connectivity index (χ1n) is 8.67. The van der Waals surface area contributed by atoms with Crippen molar-refractivity contribution in [1.29, 1.82) is 0 Å². The van der Waals surface area contributed by atoms with Crippen LogP contribution >= 0.6 is 0 Å². The average molecular weight is 288 g/mol. The molecule has 1 aromatic heterocycles. The van der Waals surface area contributed by atoms with Crippen LogP contribution in [0.1, 0.15) is 50.3 Å². The Bertz CT molecular complexity index is 452. The molecular formula is C17H28N4. The molecule has 1 aliphatic heterocycles. The zero-order chi connectivity index (χ0) is 14.5. The zero-order valence-corrected chi connectivity index (χ0v) is 13.3. The minimum absolute atomic E-state index is 0.755. The lowest BCUT2D eigenvalue weighted by Crippen LogP contribution is -2.29. The topological polar surface area (TPSA) is 41.1 Å². The van der Waals surface area contributed by atoms with E-state index in [2.05, 4.69) is 28.3 Å². The van der Waals surface area contributed by atoms with Crippen LogP contribution in [0.2, 0.25) is 0 Å². The van der Waals surface area contributed by atoms with Gasteiger partial charge in [0.05, 0.1) is 0 Å². The van der Waals surface area contributed by atoms with Crippen LogP contribution in [0.3, 0.4) is 0 Å². The van der Waals surface area contributed by atoms with Crippen LogP contribution in [0.4, 0.5) is 5.95 Å². The van der Waals surface area contributed by atoms with Crippen molar-refractivity contribution in [3.63, 3.8) is 0 Å². The number of nitrogens with one attached hydrogen (secondary N) is 1. The van der Waals surface area contributed by atoms with Gasteiger partial charge >= 0.3 is 0 Å². The van der Waals surface area contributed by atoms with Crippen LogP contribution in [-0.4, -0.2) is 36.1 Å². The molecule has 1 N–H and O–H groups in total. The highest BCUT2D eigenvalue weighted by atomic mass is 15.2. The van der Waals surface area contributed by atoms with Crippen molar-refractivity contribution in [2.45, 2.75) is 51.9 Å². The molecule has 116 valence electrons. The molecule has 0 bridgehead atoms. The van der Waals surface area contributed by atoms with E-state index in [0.29, 0.717) is 0 Å². The van der Waals surface area contributed by atoms with Crippen molar-refractivity contribution in [2.75, 3.05) is 31.1 Å². The summed E-state index contributed by atoms with van der Waals surface area (Å²) in [5.41, 5.74) is 2.68. The van der Waals surface area contributed by atoms with Crippen molar-refractivity contribution in [3.8, 4) is 0 Å². The van der Waals surface area contributed by atoms with Gasteiger partial charge in [0.1, 0.15) is 0 Å². The Kier molecular flexibility index (Phi) is 5.07. The number of aromatic nitrogens is 2. The van der Waals surface area contributed by atoms with Crippen molar-refractivity contribution in [2.24, 2.45) is 5.92 Å². The summed E-state index contributed by atoms with van der Waals surface area (Å²) >= 11 is 0. The first kappa shape index (κ1) is 14.8. The normalized spacial score (nSPS) is 22.7. The third-order valence-corrected chi connectivity index (χ3v) is 4.81. The molecule has 0 spiro atoms. The smallest absolute Gasteiger partial charge is 0.225 e. The highest BCUT2D eigenvalue weighted by Gasteiger charge is 2.21. The Labute approximate surface area is 128 Å². The van der Waals surface area contributed by atoms with Gasteiger partial charge in [-0.1, -0.05) is 19.8 Å². The maximum atomic E-state index is 4.89. The van der Waals surface area contributed by atoms with E-state index in [0.717, 1.165) is 50.9 Å².